The van der Waals surface area contributed by atoms with Crippen LogP contribution in [0, 0.1) is 27.7 Å². The summed E-state index contributed by atoms with van der Waals surface area (Å²) in [6.07, 6.45) is 0. The molecule has 1 atom stereocenters. The van der Waals surface area contributed by atoms with E-state index in [0.29, 0.717) is 6.54 Å². The van der Waals surface area contributed by atoms with Gasteiger partial charge in [0.25, 0.3) is 0 Å². The summed E-state index contributed by atoms with van der Waals surface area (Å²) in [6.45, 7) is 12.8. The van der Waals surface area contributed by atoms with Gasteiger partial charge in [-0.15, -0.1) is 0 Å². The van der Waals surface area contributed by atoms with Crippen molar-refractivity contribution in [1.82, 2.24) is 9.78 Å². The maximum Gasteiger partial charge on any atom is 0.234 e. The number of carbonyl (C=O) groups is 1. The number of aromatic nitrogens is 2. The molecule has 4 nitrogen and oxygen atoms in total. The summed E-state index contributed by atoms with van der Waals surface area (Å²) in [5.41, 5.74) is 6.37. The molecule has 0 fully saturated rings. The fraction of sp³-hybridized carbons (Fsp3) is 0.474. The minimum atomic E-state index is -0.204. The second-order valence-corrected chi connectivity index (χ2v) is 6.30. The van der Waals surface area contributed by atoms with E-state index in [2.05, 4.69) is 31.1 Å². The fourth-order valence-electron chi connectivity index (χ4n) is 3.33. The minimum Gasteiger partial charge on any atom is -0.312 e. The molecule has 0 aliphatic carbocycles. The minimum absolute atomic E-state index is 0.124. The molecule has 2 aromatic rings. The van der Waals surface area contributed by atoms with Crippen LogP contribution in [-0.2, 0) is 11.8 Å². The molecule has 0 spiro atoms. The van der Waals surface area contributed by atoms with E-state index in [4.69, 9.17) is 0 Å². The average molecular weight is 313 g/mol. The van der Waals surface area contributed by atoms with Gasteiger partial charge in [0.2, 0.25) is 5.91 Å². The molecule has 4 heteroatoms. The first-order chi connectivity index (χ1) is 10.8. The summed E-state index contributed by atoms with van der Waals surface area (Å²) >= 11 is 0. The van der Waals surface area contributed by atoms with Gasteiger partial charge in [0.1, 0.15) is 0 Å². The zero-order chi connectivity index (χ0) is 17.3. The van der Waals surface area contributed by atoms with E-state index in [0.717, 1.165) is 28.2 Å². The van der Waals surface area contributed by atoms with E-state index in [9.17, 15) is 4.79 Å². The normalized spacial score (nSPS) is 12.3. The van der Waals surface area contributed by atoms with Crippen LogP contribution >= 0.6 is 0 Å². The maximum atomic E-state index is 13.1. The Bertz CT molecular complexity index is 730. The van der Waals surface area contributed by atoms with Crippen molar-refractivity contribution in [1.29, 1.82) is 0 Å². The Morgan fingerprint density at radius 3 is 2.39 bits per heavy atom. The van der Waals surface area contributed by atoms with Gasteiger partial charge in [-0.25, -0.2) is 0 Å². The van der Waals surface area contributed by atoms with Gasteiger partial charge in [-0.1, -0.05) is 17.7 Å². The van der Waals surface area contributed by atoms with Crippen molar-refractivity contribution in [3.63, 3.8) is 0 Å². The van der Waals surface area contributed by atoms with E-state index in [1.54, 1.807) is 0 Å². The highest BCUT2D eigenvalue weighted by molar-refractivity contribution is 5.98. The molecule has 1 aromatic heterocycles. The van der Waals surface area contributed by atoms with Crippen LogP contribution in [0.2, 0.25) is 0 Å². The molecule has 124 valence electrons. The first-order valence-corrected chi connectivity index (χ1v) is 8.16. The third-order valence-electron chi connectivity index (χ3n) is 4.59. The molecular weight excluding hydrogens is 286 g/mol. The first kappa shape index (κ1) is 17.3. The fourth-order valence-corrected chi connectivity index (χ4v) is 3.33. The Morgan fingerprint density at radius 1 is 1.26 bits per heavy atom. The second kappa shape index (κ2) is 6.57. The number of aryl methyl sites for hydroxylation is 4. The molecule has 0 aliphatic rings. The Labute approximate surface area is 139 Å². The van der Waals surface area contributed by atoms with E-state index < -0.39 is 0 Å². The van der Waals surface area contributed by atoms with E-state index in [1.165, 1.54) is 5.56 Å². The van der Waals surface area contributed by atoms with E-state index in [1.807, 2.05) is 50.4 Å². The van der Waals surface area contributed by atoms with Crippen molar-refractivity contribution in [3.05, 3.63) is 46.3 Å². The molecule has 1 aromatic carbocycles. The van der Waals surface area contributed by atoms with Gasteiger partial charge in [-0.3, -0.25) is 9.48 Å². The Kier molecular flexibility index (Phi) is 4.93. The number of hydrogen-bond acceptors (Lipinski definition) is 2. The lowest BCUT2D eigenvalue weighted by Gasteiger charge is -2.26. The second-order valence-electron chi connectivity index (χ2n) is 6.30. The number of amides is 1. The van der Waals surface area contributed by atoms with Gasteiger partial charge in [-0.05, 0) is 53.2 Å². The van der Waals surface area contributed by atoms with Gasteiger partial charge < -0.3 is 4.90 Å². The monoisotopic (exact) mass is 313 g/mol. The molecule has 1 heterocycles. The largest absolute Gasteiger partial charge is 0.312 e. The number of benzene rings is 1. The summed E-state index contributed by atoms with van der Waals surface area (Å²) in [7, 11) is 1.92. The number of anilines is 1. The van der Waals surface area contributed by atoms with Crippen LogP contribution in [0.15, 0.2) is 18.2 Å². The van der Waals surface area contributed by atoms with Crippen LogP contribution in [0.1, 0.15) is 47.8 Å². The van der Waals surface area contributed by atoms with Crippen LogP contribution in [0.25, 0.3) is 0 Å². The van der Waals surface area contributed by atoms with E-state index >= 15 is 0 Å². The van der Waals surface area contributed by atoms with Crippen molar-refractivity contribution in [2.45, 2.75) is 47.5 Å². The van der Waals surface area contributed by atoms with Crippen LogP contribution in [0.5, 0.6) is 0 Å². The van der Waals surface area contributed by atoms with Crippen LogP contribution in [0.4, 0.5) is 5.69 Å². The van der Waals surface area contributed by atoms with Crippen molar-refractivity contribution in [3.8, 4) is 0 Å². The summed E-state index contributed by atoms with van der Waals surface area (Å²) in [6, 6.07) is 6.22. The quantitative estimate of drug-likeness (QED) is 0.861. The van der Waals surface area contributed by atoms with Gasteiger partial charge in [0.05, 0.1) is 11.6 Å². The number of rotatable bonds is 4. The summed E-state index contributed by atoms with van der Waals surface area (Å²) in [5.74, 6) is -0.0805. The Balaban J connectivity index is 2.39. The number of carbonyl (C=O) groups excluding carboxylic acids is 1. The highest BCUT2D eigenvalue weighted by atomic mass is 16.2. The van der Waals surface area contributed by atoms with Gasteiger partial charge in [-0.2, -0.15) is 5.10 Å². The highest BCUT2D eigenvalue weighted by Crippen LogP contribution is 2.28. The van der Waals surface area contributed by atoms with Gasteiger partial charge in [0.15, 0.2) is 0 Å². The topological polar surface area (TPSA) is 38.1 Å². The molecule has 1 amide bonds. The van der Waals surface area contributed by atoms with Crippen molar-refractivity contribution in [2.24, 2.45) is 7.05 Å². The van der Waals surface area contributed by atoms with E-state index in [-0.39, 0.29) is 11.8 Å². The predicted molar refractivity (Wildman–Crippen MR) is 95.0 cm³/mol. The molecule has 0 saturated carbocycles. The lowest BCUT2D eigenvalue weighted by Crippen LogP contribution is -2.35. The predicted octanol–water partition coefficient (Wildman–Crippen LogP) is 3.81. The molecule has 0 radical (unpaired) electrons. The third kappa shape index (κ3) is 3.16. The maximum absolute atomic E-state index is 13.1. The number of nitrogens with zero attached hydrogens (tertiary/aromatic N) is 3. The lowest BCUT2D eigenvalue weighted by molar-refractivity contribution is -0.119. The lowest BCUT2D eigenvalue weighted by atomic mass is 9.97. The van der Waals surface area contributed by atoms with Crippen LogP contribution < -0.4 is 4.90 Å². The molecule has 0 unspecified atom stereocenters. The Morgan fingerprint density at radius 2 is 1.91 bits per heavy atom. The highest BCUT2D eigenvalue weighted by Gasteiger charge is 2.27. The number of hydrogen-bond donors (Lipinski definition) is 0. The molecule has 0 saturated heterocycles. The molecule has 0 bridgehead atoms. The SMILES string of the molecule is CCN(C(=O)[C@@H](C)c1c(C)nn(C)c1C)c1ccc(C)cc1C. The van der Waals surface area contributed by atoms with Crippen molar-refractivity contribution >= 4 is 11.6 Å². The van der Waals surface area contributed by atoms with Crippen LogP contribution in [-0.4, -0.2) is 22.2 Å². The van der Waals surface area contributed by atoms with Gasteiger partial charge in [0, 0.05) is 30.5 Å². The summed E-state index contributed by atoms with van der Waals surface area (Å²) < 4.78 is 1.85. The first-order valence-electron chi connectivity index (χ1n) is 8.16. The third-order valence-corrected chi connectivity index (χ3v) is 4.59. The smallest absolute Gasteiger partial charge is 0.234 e. The number of likely N-dealkylation sites (N-methyl/N-ethyl adjacent to an activating group) is 1. The van der Waals surface area contributed by atoms with Crippen LogP contribution in [0.3, 0.4) is 0 Å². The summed E-state index contributed by atoms with van der Waals surface area (Å²) in [4.78, 5) is 15.0. The van der Waals surface area contributed by atoms with Crippen molar-refractivity contribution < 1.29 is 4.79 Å². The molecule has 0 aliphatic heterocycles. The van der Waals surface area contributed by atoms with Gasteiger partial charge >= 0.3 is 0 Å². The molecule has 2 rings (SSSR count). The molecule has 23 heavy (non-hydrogen) atoms. The standard InChI is InChI=1S/C19H27N3O/c1-8-22(17-10-9-12(2)11-13(17)3)19(23)14(4)18-15(5)20-21(7)16(18)6/h9-11,14H,8H2,1-7H3/t14-/m0/s1. The van der Waals surface area contributed by atoms with Crippen molar-refractivity contribution in [2.75, 3.05) is 11.4 Å². The average Bonchev–Trinajstić information content (AvgIpc) is 2.74. The summed E-state index contributed by atoms with van der Waals surface area (Å²) in [5, 5.41) is 4.45. The molecule has 0 N–H and O–H groups in total. The Hall–Kier alpha value is -2.10. The molecular formula is C19H27N3O. The zero-order valence-electron chi connectivity index (χ0n) is 15.3. The zero-order valence-corrected chi connectivity index (χ0v) is 15.3.